The van der Waals surface area contributed by atoms with Gasteiger partial charge in [0.15, 0.2) is 5.82 Å². The van der Waals surface area contributed by atoms with Crippen molar-refractivity contribution in [3.63, 3.8) is 0 Å². The first-order valence-electron chi connectivity index (χ1n) is 5.23. The Labute approximate surface area is 94.6 Å². The molecule has 84 valence electrons. The number of nitrogens with zero attached hydrogens (tertiary/aromatic N) is 3. The van der Waals surface area contributed by atoms with Crippen LogP contribution in [0.5, 0.6) is 0 Å². The second-order valence-electron chi connectivity index (χ2n) is 3.96. The van der Waals surface area contributed by atoms with E-state index in [0.717, 1.165) is 25.1 Å². The smallest absolute Gasteiger partial charge is 0.423 e. The zero-order valence-electron chi connectivity index (χ0n) is 9.17. The summed E-state index contributed by atoms with van der Waals surface area (Å²) in [5.41, 5.74) is 1.44. The molecule has 0 saturated heterocycles. The largest absolute Gasteiger partial charge is 0.491 e. The summed E-state index contributed by atoms with van der Waals surface area (Å²) in [6, 6.07) is 0. The lowest BCUT2D eigenvalue weighted by Crippen LogP contribution is -2.31. The summed E-state index contributed by atoms with van der Waals surface area (Å²) in [5.74, 6) is 0.678. The highest BCUT2D eigenvalue weighted by atomic mass is 16.4. The molecule has 0 atom stereocenters. The minimum Gasteiger partial charge on any atom is -0.423 e. The fourth-order valence-electron chi connectivity index (χ4n) is 1.61. The molecule has 2 rings (SSSR count). The third-order valence-electron chi connectivity index (χ3n) is 2.67. The predicted molar refractivity (Wildman–Crippen MR) is 61.9 cm³/mol. The molecule has 0 aliphatic carbocycles. The number of rotatable bonds is 2. The molecule has 0 fully saturated rings. The van der Waals surface area contributed by atoms with Gasteiger partial charge in [-0.25, -0.2) is 9.97 Å². The molecular weight excluding hydrogens is 205 g/mol. The molecule has 0 bridgehead atoms. The van der Waals surface area contributed by atoms with Gasteiger partial charge < -0.3 is 14.9 Å². The summed E-state index contributed by atoms with van der Waals surface area (Å²) in [5, 5.41) is 17.8. The molecule has 1 aromatic heterocycles. The van der Waals surface area contributed by atoms with Crippen LogP contribution in [0.1, 0.15) is 12.2 Å². The maximum atomic E-state index is 8.91. The standard InChI is InChI=1S/C10H14BN3O2/c1-14-4-2-8(3-5-14)10-12-6-9(7-13-10)11(15)16/h2,6-7,15-16H,3-5H2,1H3. The lowest BCUT2D eigenvalue weighted by atomic mass is 9.83. The summed E-state index contributed by atoms with van der Waals surface area (Å²) in [7, 11) is 0.569. The van der Waals surface area contributed by atoms with E-state index in [9.17, 15) is 0 Å². The summed E-state index contributed by atoms with van der Waals surface area (Å²) < 4.78 is 0. The Morgan fingerprint density at radius 1 is 1.31 bits per heavy atom. The molecule has 2 heterocycles. The molecule has 1 aliphatic rings. The monoisotopic (exact) mass is 219 g/mol. The van der Waals surface area contributed by atoms with Crippen LogP contribution in [-0.2, 0) is 0 Å². The highest BCUT2D eigenvalue weighted by Gasteiger charge is 2.14. The molecular formula is C10H14BN3O2. The highest BCUT2D eigenvalue weighted by molar-refractivity contribution is 6.58. The molecule has 0 spiro atoms. The number of aromatic nitrogens is 2. The van der Waals surface area contributed by atoms with Crippen LogP contribution in [-0.4, -0.2) is 52.2 Å². The topological polar surface area (TPSA) is 69.5 Å². The summed E-state index contributed by atoms with van der Waals surface area (Å²) in [4.78, 5) is 10.5. The van der Waals surface area contributed by atoms with Crippen LogP contribution in [0.4, 0.5) is 0 Å². The van der Waals surface area contributed by atoms with E-state index in [1.807, 2.05) is 0 Å². The van der Waals surface area contributed by atoms with Crippen LogP contribution >= 0.6 is 0 Å². The van der Waals surface area contributed by atoms with E-state index in [-0.39, 0.29) is 0 Å². The lowest BCUT2D eigenvalue weighted by molar-refractivity contribution is 0.369. The van der Waals surface area contributed by atoms with E-state index >= 15 is 0 Å². The van der Waals surface area contributed by atoms with Gasteiger partial charge in [-0.1, -0.05) is 6.08 Å². The normalized spacial score (nSPS) is 17.1. The first-order chi connectivity index (χ1) is 7.66. The average molecular weight is 219 g/mol. The minimum absolute atomic E-state index is 0.317. The van der Waals surface area contributed by atoms with Crippen LogP contribution in [0.15, 0.2) is 18.5 Å². The molecule has 6 heteroatoms. The fourth-order valence-corrected chi connectivity index (χ4v) is 1.61. The molecule has 0 amide bonds. The highest BCUT2D eigenvalue weighted by Crippen LogP contribution is 2.17. The van der Waals surface area contributed by atoms with Crippen LogP contribution in [0.2, 0.25) is 0 Å². The molecule has 0 aromatic carbocycles. The van der Waals surface area contributed by atoms with E-state index in [1.165, 1.54) is 12.4 Å². The Morgan fingerprint density at radius 2 is 2.00 bits per heavy atom. The van der Waals surface area contributed by atoms with Gasteiger partial charge in [0.2, 0.25) is 0 Å². The van der Waals surface area contributed by atoms with Crippen molar-refractivity contribution in [2.75, 3.05) is 20.1 Å². The Balaban J connectivity index is 2.16. The molecule has 0 radical (unpaired) electrons. The van der Waals surface area contributed by atoms with Crippen molar-refractivity contribution in [1.29, 1.82) is 0 Å². The minimum atomic E-state index is -1.50. The maximum Gasteiger partial charge on any atom is 0.491 e. The van der Waals surface area contributed by atoms with Crippen molar-refractivity contribution >= 4 is 18.2 Å². The van der Waals surface area contributed by atoms with Crippen LogP contribution in [0.25, 0.3) is 5.57 Å². The number of hydrogen-bond acceptors (Lipinski definition) is 5. The van der Waals surface area contributed by atoms with Crippen molar-refractivity contribution in [1.82, 2.24) is 14.9 Å². The van der Waals surface area contributed by atoms with Crippen molar-refractivity contribution < 1.29 is 10.0 Å². The molecule has 2 N–H and O–H groups in total. The first kappa shape index (κ1) is 11.3. The SMILES string of the molecule is CN1CC=C(c2ncc(B(O)O)cn2)CC1. The lowest BCUT2D eigenvalue weighted by Gasteiger charge is -2.21. The van der Waals surface area contributed by atoms with Crippen molar-refractivity contribution in [2.24, 2.45) is 0 Å². The molecule has 0 unspecified atom stereocenters. The third kappa shape index (κ3) is 2.47. The van der Waals surface area contributed by atoms with Crippen molar-refractivity contribution in [3.8, 4) is 0 Å². The van der Waals surface area contributed by atoms with Gasteiger partial charge in [-0.15, -0.1) is 0 Å². The van der Waals surface area contributed by atoms with Gasteiger partial charge in [-0.05, 0) is 19.0 Å². The van der Waals surface area contributed by atoms with Gasteiger partial charge in [-0.3, -0.25) is 0 Å². The molecule has 1 aromatic rings. The van der Waals surface area contributed by atoms with E-state index < -0.39 is 7.12 Å². The van der Waals surface area contributed by atoms with E-state index in [1.54, 1.807) is 0 Å². The number of hydrogen-bond donors (Lipinski definition) is 2. The van der Waals surface area contributed by atoms with Gasteiger partial charge >= 0.3 is 7.12 Å². The fraction of sp³-hybridized carbons (Fsp3) is 0.400. The molecule has 1 aliphatic heterocycles. The maximum absolute atomic E-state index is 8.91. The van der Waals surface area contributed by atoms with E-state index in [2.05, 4.69) is 28.0 Å². The Hall–Kier alpha value is -1.24. The van der Waals surface area contributed by atoms with Gasteiger partial charge in [0.1, 0.15) is 0 Å². The Morgan fingerprint density at radius 3 is 2.50 bits per heavy atom. The van der Waals surface area contributed by atoms with Gasteiger partial charge in [0.25, 0.3) is 0 Å². The zero-order valence-corrected chi connectivity index (χ0v) is 9.17. The third-order valence-corrected chi connectivity index (χ3v) is 2.67. The first-order valence-corrected chi connectivity index (χ1v) is 5.23. The summed E-state index contributed by atoms with van der Waals surface area (Å²) in [6.07, 6.45) is 5.93. The van der Waals surface area contributed by atoms with E-state index in [4.69, 9.17) is 10.0 Å². The quantitative estimate of drug-likeness (QED) is 0.616. The Kier molecular flexibility index (Phi) is 3.33. The van der Waals surface area contributed by atoms with Crippen molar-refractivity contribution in [3.05, 3.63) is 24.3 Å². The average Bonchev–Trinajstić information content (AvgIpc) is 2.30. The number of likely N-dealkylation sites (N-methyl/N-ethyl adjacent to an activating group) is 1. The van der Waals surface area contributed by atoms with Gasteiger partial charge in [-0.2, -0.15) is 0 Å². The summed E-state index contributed by atoms with van der Waals surface area (Å²) in [6.45, 7) is 1.91. The van der Waals surface area contributed by atoms with Gasteiger partial charge in [0, 0.05) is 30.9 Å². The summed E-state index contributed by atoms with van der Waals surface area (Å²) >= 11 is 0. The predicted octanol–water partition coefficient (Wildman–Crippen LogP) is -1.12. The molecule has 16 heavy (non-hydrogen) atoms. The zero-order chi connectivity index (χ0) is 11.5. The molecule has 0 saturated carbocycles. The Bertz CT molecular complexity index is 392. The molecule has 5 nitrogen and oxygen atoms in total. The second kappa shape index (κ2) is 4.73. The van der Waals surface area contributed by atoms with Crippen LogP contribution < -0.4 is 5.46 Å². The second-order valence-corrected chi connectivity index (χ2v) is 3.96. The van der Waals surface area contributed by atoms with Crippen LogP contribution in [0, 0.1) is 0 Å². The van der Waals surface area contributed by atoms with Gasteiger partial charge in [0.05, 0.1) is 0 Å². The van der Waals surface area contributed by atoms with Crippen molar-refractivity contribution in [2.45, 2.75) is 6.42 Å². The van der Waals surface area contributed by atoms with Crippen LogP contribution in [0.3, 0.4) is 0 Å². The van der Waals surface area contributed by atoms with E-state index in [0.29, 0.717) is 11.3 Å².